The Kier molecular flexibility index (Phi) is 5.84. The molecule has 0 spiro atoms. The minimum atomic E-state index is -4.91. The van der Waals surface area contributed by atoms with E-state index in [2.05, 4.69) is 5.32 Å². The first-order chi connectivity index (χ1) is 10.2. The van der Waals surface area contributed by atoms with Crippen LogP contribution in [0.1, 0.15) is 25.3 Å². The van der Waals surface area contributed by atoms with E-state index in [0.29, 0.717) is 12.1 Å². The standard InChI is InChI=1S/C13H14F4N2O3/c1-8(3-2-6-14)12(20)18-9-4-5-11(19(21)22)10(7-9)13(15,16)17/h4-5,7-8H,2-3,6H2,1H3,(H,18,20). The zero-order chi connectivity index (χ0) is 16.9. The van der Waals surface area contributed by atoms with Gasteiger partial charge >= 0.3 is 6.18 Å². The SMILES string of the molecule is CC(CCCF)C(=O)Nc1ccc([N+](=O)[O-])c(C(F)(F)F)c1. The number of nitrogens with one attached hydrogen (secondary N) is 1. The number of benzene rings is 1. The molecule has 22 heavy (non-hydrogen) atoms. The van der Waals surface area contributed by atoms with Crippen molar-refractivity contribution in [3.8, 4) is 0 Å². The Morgan fingerprint density at radius 1 is 1.41 bits per heavy atom. The predicted octanol–water partition coefficient (Wildman–Crippen LogP) is 3.94. The molecular formula is C13H14F4N2O3. The molecule has 0 heterocycles. The summed E-state index contributed by atoms with van der Waals surface area (Å²) in [4.78, 5) is 21.2. The van der Waals surface area contributed by atoms with Gasteiger partial charge in [0.2, 0.25) is 5.91 Å². The van der Waals surface area contributed by atoms with Gasteiger partial charge in [-0.15, -0.1) is 0 Å². The molecule has 0 aliphatic heterocycles. The van der Waals surface area contributed by atoms with Crippen molar-refractivity contribution in [1.82, 2.24) is 0 Å². The fourth-order valence-corrected chi connectivity index (χ4v) is 1.78. The topological polar surface area (TPSA) is 72.2 Å². The van der Waals surface area contributed by atoms with Crippen LogP contribution >= 0.6 is 0 Å². The summed E-state index contributed by atoms with van der Waals surface area (Å²) in [5.74, 6) is -1.16. The van der Waals surface area contributed by atoms with Crippen molar-refractivity contribution in [3.05, 3.63) is 33.9 Å². The molecule has 1 unspecified atom stereocenters. The van der Waals surface area contributed by atoms with E-state index < -0.39 is 40.9 Å². The molecule has 0 radical (unpaired) electrons. The highest BCUT2D eigenvalue weighted by Gasteiger charge is 2.38. The number of hydrogen-bond donors (Lipinski definition) is 1. The number of rotatable bonds is 6. The minimum Gasteiger partial charge on any atom is -0.326 e. The van der Waals surface area contributed by atoms with Crippen LogP contribution in [-0.4, -0.2) is 17.5 Å². The van der Waals surface area contributed by atoms with Crippen molar-refractivity contribution in [1.29, 1.82) is 0 Å². The van der Waals surface area contributed by atoms with E-state index in [1.165, 1.54) is 6.92 Å². The lowest BCUT2D eigenvalue weighted by Crippen LogP contribution is -2.21. The quantitative estimate of drug-likeness (QED) is 0.490. The maximum Gasteiger partial charge on any atom is 0.423 e. The zero-order valence-corrected chi connectivity index (χ0v) is 11.6. The van der Waals surface area contributed by atoms with Crippen molar-refractivity contribution in [2.24, 2.45) is 5.92 Å². The molecule has 1 rings (SSSR count). The lowest BCUT2D eigenvalue weighted by molar-refractivity contribution is -0.388. The number of hydrogen-bond acceptors (Lipinski definition) is 3. The second kappa shape index (κ2) is 7.19. The molecule has 1 N–H and O–H groups in total. The fraction of sp³-hybridized carbons (Fsp3) is 0.462. The van der Waals surface area contributed by atoms with Gasteiger partial charge in [0.05, 0.1) is 11.6 Å². The van der Waals surface area contributed by atoms with E-state index in [-0.39, 0.29) is 18.5 Å². The van der Waals surface area contributed by atoms with Crippen LogP contribution in [0.5, 0.6) is 0 Å². The summed E-state index contributed by atoms with van der Waals surface area (Å²) < 4.78 is 50.4. The van der Waals surface area contributed by atoms with E-state index in [0.717, 1.165) is 6.07 Å². The monoisotopic (exact) mass is 322 g/mol. The van der Waals surface area contributed by atoms with Gasteiger partial charge in [-0.25, -0.2) is 0 Å². The third-order valence-corrected chi connectivity index (χ3v) is 2.98. The Labute approximate surface area is 123 Å². The summed E-state index contributed by atoms with van der Waals surface area (Å²) >= 11 is 0. The van der Waals surface area contributed by atoms with Gasteiger partial charge in [-0.3, -0.25) is 19.3 Å². The predicted molar refractivity (Wildman–Crippen MR) is 71.1 cm³/mol. The first kappa shape index (κ1) is 17.9. The van der Waals surface area contributed by atoms with Gasteiger partial charge in [0.25, 0.3) is 5.69 Å². The number of nitro groups is 1. The summed E-state index contributed by atoms with van der Waals surface area (Å²) in [5.41, 5.74) is -2.72. The van der Waals surface area contributed by atoms with Gasteiger partial charge in [0.15, 0.2) is 0 Å². The molecule has 0 fully saturated rings. The number of carbonyl (C=O) groups excluding carboxylic acids is 1. The van der Waals surface area contributed by atoms with Gasteiger partial charge in [0.1, 0.15) is 5.56 Å². The van der Waals surface area contributed by atoms with Gasteiger partial charge in [-0.1, -0.05) is 6.92 Å². The highest BCUT2D eigenvalue weighted by molar-refractivity contribution is 5.92. The first-order valence-corrected chi connectivity index (χ1v) is 6.39. The van der Waals surface area contributed by atoms with Crippen LogP contribution < -0.4 is 5.32 Å². The third-order valence-electron chi connectivity index (χ3n) is 2.98. The lowest BCUT2D eigenvalue weighted by Gasteiger charge is -2.13. The third kappa shape index (κ3) is 4.68. The number of nitrogens with zero attached hydrogens (tertiary/aromatic N) is 1. The summed E-state index contributed by atoms with van der Waals surface area (Å²) in [6.45, 7) is 0.925. The van der Waals surface area contributed by atoms with Gasteiger partial charge in [0, 0.05) is 17.7 Å². The average molecular weight is 322 g/mol. The molecule has 1 aromatic rings. The van der Waals surface area contributed by atoms with Gasteiger partial charge < -0.3 is 5.32 Å². The van der Waals surface area contributed by atoms with Crippen molar-refractivity contribution >= 4 is 17.3 Å². The normalized spacial score (nSPS) is 12.8. The van der Waals surface area contributed by atoms with E-state index in [4.69, 9.17) is 0 Å². The van der Waals surface area contributed by atoms with Gasteiger partial charge in [-0.05, 0) is 25.0 Å². The molecule has 0 bridgehead atoms. The van der Waals surface area contributed by atoms with Crippen LogP contribution in [0, 0.1) is 16.0 Å². The van der Waals surface area contributed by atoms with Crippen molar-refractivity contribution in [2.45, 2.75) is 25.9 Å². The number of anilines is 1. The van der Waals surface area contributed by atoms with Crippen LogP contribution in [0.2, 0.25) is 0 Å². The van der Waals surface area contributed by atoms with Crippen molar-refractivity contribution in [2.75, 3.05) is 12.0 Å². The summed E-state index contributed by atoms with van der Waals surface area (Å²) in [7, 11) is 0. The second-order valence-electron chi connectivity index (χ2n) is 4.71. The Morgan fingerprint density at radius 3 is 2.55 bits per heavy atom. The van der Waals surface area contributed by atoms with Crippen LogP contribution in [0.15, 0.2) is 18.2 Å². The highest BCUT2D eigenvalue weighted by atomic mass is 19.4. The molecule has 0 saturated heterocycles. The largest absolute Gasteiger partial charge is 0.423 e. The maximum atomic E-state index is 12.8. The Hall–Kier alpha value is -2.19. The smallest absolute Gasteiger partial charge is 0.326 e. The van der Waals surface area contributed by atoms with Crippen LogP contribution in [0.25, 0.3) is 0 Å². The number of alkyl halides is 4. The summed E-state index contributed by atoms with van der Waals surface area (Å²) in [5, 5.41) is 12.9. The second-order valence-corrected chi connectivity index (χ2v) is 4.71. The van der Waals surface area contributed by atoms with Crippen LogP contribution in [-0.2, 0) is 11.0 Å². The minimum absolute atomic E-state index is 0.169. The van der Waals surface area contributed by atoms with Crippen LogP contribution in [0.4, 0.5) is 28.9 Å². The lowest BCUT2D eigenvalue weighted by atomic mass is 10.0. The zero-order valence-electron chi connectivity index (χ0n) is 11.6. The summed E-state index contributed by atoms with van der Waals surface area (Å²) in [6.07, 6.45) is -4.49. The number of halogens is 4. The molecule has 1 amide bonds. The van der Waals surface area contributed by atoms with Crippen molar-refractivity contribution in [3.63, 3.8) is 0 Å². The molecule has 1 aromatic carbocycles. The average Bonchev–Trinajstić information content (AvgIpc) is 2.43. The maximum absolute atomic E-state index is 12.8. The first-order valence-electron chi connectivity index (χ1n) is 6.39. The van der Waals surface area contributed by atoms with Crippen LogP contribution in [0.3, 0.4) is 0 Å². The van der Waals surface area contributed by atoms with E-state index >= 15 is 0 Å². The molecule has 5 nitrogen and oxygen atoms in total. The summed E-state index contributed by atoms with van der Waals surface area (Å²) in [6, 6.07) is 2.22. The molecule has 9 heteroatoms. The molecular weight excluding hydrogens is 308 g/mol. The Morgan fingerprint density at radius 2 is 2.05 bits per heavy atom. The van der Waals surface area contributed by atoms with Crippen molar-refractivity contribution < 1.29 is 27.3 Å². The van der Waals surface area contributed by atoms with E-state index in [1.807, 2.05) is 0 Å². The Bertz CT molecular complexity index is 561. The van der Waals surface area contributed by atoms with Gasteiger partial charge in [-0.2, -0.15) is 13.2 Å². The molecule has 1 atom stereocenters. The number of carbonyl (C=O) groups is 1. The fourth-order valence-electron chi connectivity index (χ4n) is 1.78. The van der Waals surface area contributed by atoms with E-state index in [9.17, 15) is 32.5 Å². The van der Waals surface area contributed by atoms with E-state index in [1.54, 1.807) is 0 Å². The molecule has 0 aromatic heterocycles. The molecule has 0 aliphatic carbocycles. The highest BCUT2D eigenvalue weighted by Crippen LogP contribution is 2.37. The Balaban J connectivity index is 2.98. The number of nitro benzene ring substituents is 1. The molecule has 122 valence electrons. The molecule has 0 saturated carbocycles. The number of amides is 1. The molecule has 0 aliphatic rings.